The predicted octanol–water partition coefficient (Wildman–Crippen LogP) is 1.78. The Bertz CT molecular complexity index is 576. The minimum atomic E-state index is -3.45. The molecule has 1 aromatic carbocycles. The van der Waals surface area contributed by atoms with Gasteiger partial charge in [-0.25, -0.2) is 13.2 Å². The van der Waals surface area contributed by atoms with Crippen molar-refractivity contribution in [3.05, 3.63) is 29.8 Å². The largest absolute Gasteiger partial charge is 0.462 e. The van der Waals surface area contributed by atoms with Crippen LogP contribution in [0.3, 0.4) is 0 Å². The van der Waals surface area contributed by atoms with E-state index < -0.39 is 16.0 Å². The van der Waals surface area contributed by atoms with Crippen molar-refractivity contribution in [3.63, 3.8) is 0 Å². The monoisotopic (exact) mass is 313 g/mol. The zero-order valence-corrected chi connectivity index (χ0v) is 12.7. The summed E-state index contributed by atoms with van der Waals surface area (Å²) < 4.78 is 36.7. The van der Waals surface area contributed by atoms with Crippen LogP contribution < -0.4 is 4.72 Å². The molecular formula is C14H19NO5S. The smallest absolute Gasteiger partial charge is 0.338 e. The zero-order valence-electron chi connectivity index (χ0n) is 11.9. The van der Waals surface area contributed by atoms with E-state index in [0.29, 0.717) is 24.5 Å². The summed E-state index contributed by atoms with van der Waals surface area (Å²) in [5.41, 5.74) is 0.806. The van der Waals surface area contributed by atoms with Crippen LogP contribution in [0.25, 0.3) is 0 Å². The second-order valence-corrected chi connectivity index (χ2v) is 6.58. The molecule has 21 heavy (non-hydrogen) atoms. The van der Waals surface area contributed by atoms with Gasteiger partial charge in [0.1, 0.15) is 0 Å². The molecule has 2 rings (SSSR count). The molecule has 0 amide bonds. The lowest BCUT2D eigenvalue weighted by atomic mass is 10.2. The Kier molecular flexibility index (Phi) is 5.19. The Balaban J connectivity index is 1.97. The molecule has 0 saturated carbocycles. The highest BCUT2D eigenvalue weighted by molar-refractivity contribution is 7.92. The number of nitrogens with one attached hydrogen (secondary N) is 1. The first-order valence-electron chi connectivity index (χ1n) is 6.89. The molecule has 0 bridgehead atoms. The van der Waals surface area contributed by atoms with Crippen LogP contribution >= 0.6 is 0 Å². The number of hydrogen-bond acceptors (Lipinski definition) is 5. The lowest BCUT2D eigenvalue weighted by molar-refractivity contribution is 0.0526. The molecule has 7 heteroatoms. The van der Waals surface area contributed by atoms with Gasteiger partial charge in [0.25, 0.3) is 0 Å². The van der Waals surface area contributed by atoms with Crippen molar-refractivity contribution in [3.8, 4) is 0 Å². The Labute approximate surface area is 124 Å². The molecular weight excluding hydrogens is 294 g/mol. The van der Waals surface area contributed by atoms with E-state index in [1.165, 1.54) is 12.1 Å². The molecule has 6 nitrogen and oxygen atoms in total. The molecule has 0 aliphatic carbocycles. The summed E-state index contributed by atoms with van der Waals surface area (Å²) in [6.07, 6.45) is 1.43. The predicted molar refractivity (Wildman–Crippen MR) is 78.8 cm³/mol. The number of carbonyl (C=O) groups excluding carboxylic acids is 1. The minimum Gasteiger partial charge on any atom is -0.462 e. The summed E-state index contributed by atoms with van der Waals surface area (Å²) >= 11 is 0. The fourth-order valence-electron chi connectivity index (χ4n) is 2.13. The fraction of sp³-hybridized carbons (Fsp3) is 0.500. The van der Waals surface area contributed by atoms with Gasteiger partial charge in [-0.1, -0.05) is 0 Å². The van der Waals surface area contributed by atoms with Crippen molar-refractivity contribution in [2.24, 2.45) is 0 Å². The van der Waals surface area contributed by atoms with Crippen LogP contribution in [0.5, 0.6) is 0 Å². The Hall–Kier alpha value is -1.60. The molecule has 1 heterocycles. The molecule has 1 aliphatic rings. The van der Waals surface area contributed by atoms with Crippen molar-refractivity contribution in [2.45, 2.75) is 25.9 Å². The third kappa shape index (κ3) is 4.71. The van der Waals surface area contributed by atoms with Crippen LogP contribution in [-0.4, -0.2) is 39.5 Å². The molecule has 1 aromatic rings. The lowest BCUT2D eigenvalue weighted by Crippen LogP contribution is -2.25. The normalized spacial score (nSPS) is 18.4. The second-order valence-electron chi connectivity index (χ2n) is 4.82. The number of hydrogen-bond donors (Lipinski definition) is 1. The number of rotatable bonds is 6. The third-order valence-corrected chi connectivity index (χ3v) is 4.46. The van der Waals surface area contributed by atoms with Gasteiger partial charge in [-0.05, 0) is 44.0 Å². The molecule has 0 aromatic heterocycles. The second kappa shape index (κ2) is 6.91. The minimum absolute atomic E-state index is 0.0490. The van der Waals surface area contributed by atoms with Crippen molar-refractivity contribution < 1.29 is 22.7 Å². The number of anilines is 1. The summed E-state index contributed by atoms with van der Waals surface area (Å²) in [4.78, 5) is 11.5. The van der Waals surface area contributed by atoms with E-state index >= 15 is 0 Å². The molecule has 1 unspecified atom stereocenters. The Morgan fingerprint density at radius 1 is 1.38 bits per heavy atom. The van der Waals surface area contributed by atoms with Gasteiger partial charge in [-0.15, -0.1) is 0 Å². The average Bonchev–Trinajstić information content (AvgIpc) is 2.91. The highest BCUT2D eigenvalue weighted by Crippen LogP contribution is 2.17. The van der Waals surface area contributed by atoms with Gasteiger partial charge in [0.2, 0.25) is 10.0 Å². The van der Waals surface area contributed by atoms with E-state index in [-0.39, 0.29) is 11.9 Å². The summed E-state index contributed by atoms with van der Waals surface area (Å²) in [5, 5.41) is 0. The maximum absolute atomic E-state index is 12.0. The van der Waals surface area contributed by atoms with Crippen molar-refractivity contribution in [1.82, 2.24) is 0 Å². The van der Waals surface area contributed by atoms with Gasteiger partial charge in [0.15, 0.2) is 0 Å². The SMILES string of the molecule is CCOC(=O)c1ccc(NS(=O)(=O)CC2CCCO2)cc1. The topological polar surface area (TPSA) is 81.7 Å². The van der Waals surface area contributed by atoms with Crippen LogP contribution in [0.1, 0.15) is 30.1 Å². The Morgan fingerprint density at radius 3 is 2.67 bits per heavy atom. The highest BCUT2D eigenvalue weighted by Gasteiger charge is 2.23. The molecule has 1 N–H and O–H groups in total. The zero-order chi connectivity index (χ0) is 15.3. The van der Waals surface area contributed by atoms with Crippen LogP contribution in [0.15, 0.2) is 24.3 Å². The lowest BCUT2D eigenvalue weighted by Gasteiger charge is -2.12. The number of ether oxygens (including phenoxy) is 2. The molecule has 1 atom stereocenters. The summed E-state index contributed by atoms with van der Waals surface area (Å²) in [5.74, 6) is -0.474. The van der Waals surface area contributed by atoms with Crippen LogP contribution in [0.2, 0.25) is 0 Å². The maximum atomic E-state index is 12.0. The van der Waals surface area contributed by atoms with Gasteiger partial charge < -0.3 is 9.47 Å². The van der Waals surface area contributed by atoms with E-state index in [0.717, 1.165) is 12.8 Å². The third-order valence-electron chi connectivity index (χ3n) is 3.10. The van der Waals surface area contributed by atoms with Crippen molar-refractivity contribution in [2.75, 3.05) is 23.7 Å². The number of esters is 1. The molecule has 0 radical (unpaired) electrons. The average molecular weight is 313 g/mol. The number of carbonyl (C=O) groups is 1. The first kappa shape index (κ1) is 15.8. The maximum Gasteiger partial charge on any atom is 0.338 e. The summed E-state index contributed by atoms with van der Waals surface area (Å²) in [6, 6.07) is 6.14. The molecule has 1 aliphatic heterocycles. The van der Waals surface area contributed by atoms with Gasteiger partial charge in [0.05, 0.1) is 24.0 Å². The number of sulfonamides is 1. The Morgan fingerprint density at radius 2 is 2.10 bits per heavy atom. The van der Waals surface area contributed by atoms with E-state index in [1.54, 1.807) is 19.1 Å². The molecule has 0 spiro atoms. The van der Waals surface area contributed by atoms with Crippen molar-refractivity contribution in [1.29, 1.82) is 0 Å². The van der Waals surface area contributed by atoms with E-state index in [4.69, 9.17) is 9.47 Å². The first-order valence-corrected chi connectivity index (χ1v) is 8.54. The van der Waals surface area contributed by atoms with E-state index in [1.807, 2.05) is 0 Å². The molecule has 1 fully saturated rings. The first-order chi connectivity index (χ1) is 10.00. The summed E-state index contributed by atoms with van der Waals surface area (Å²) in [7, 11) is -3.45. The van der Waals surface area contributed by atoms with Crippen LogP contribution in [0, 0.1) is 0 Å². The van der Waals surface area contributed by atoms with Crippen LogP contribution in [0.4, 0.5) is 5.69 Å². The van der Waals surface area contributed by atoms with Gasteiger partial charge in [0, 0.05) is 12.3 Å². The highest BCUT2D eigenvalue weighted by atomic mass is 32.2. The van der Waals surface area contributed by atoms with E-state index in [9.17, 15) is 13.2 Å². The standard InChI is InChI=1S/C14H19NO5S/c1-2-19-14(16)11-5-7-12(8-6-11)15-21(17,18)10-13-4-3-9-20-13/h5-8,13,15H,2-4,9-10H2,1H3. The molecule has 116 valence electrons. The van der Waals surface area contributed by atoms with Gasteiger partial charge >= 0.3 is 5.97 Å². The fourth-order valence-corrected chi connectivity index (χ4v) is 3.46. The van der Waals surface area contributed by atoms with E-state index in [2.05, 4.69) is 4.72 Å². The van der Waals surface area contributed by atoms with Crippen LogP contribution in [-0.2, 0) is 19.5 Å². The number of benzene rings is 1. The summed E-state index contributed by atoms with van der Waals surface area (Å²) in [6.45, 7) is 2.65. The quantitative estimate of drug-likeness (QED) is 0.810. The van der Waals surface area contributed by atoms with Crippen molar-refractivity contribution >= 4 is 21.7 Å². The van der Waals surface area contributed by atoms with Gasteiger partial charge in [-0.3, -0.25) is 4.72 Å². The van der Waals surface area contributed by atoms with Gasteiger partial charge in [-0.2, -0.15) is 0 Å². The molecule has 1 saturated heterocycles.